The molecule has 1 aromatic carbocycles. The van der Waals surface area contributed by atoms with Crippen LogP contribution in [0.25, 0.3) is 0 Å². The van der Waals surface area contributed by atoms with Gasteiger partial charge in [0, 0.05) is 7.05 Å². The van der Waals surface area contributed by atoms with E-state index in [-0.39, 0.29) is 17.8 Å². The topological polar surface area (TPSA) is 32.3 Å². The Labute approximate surface area is 112 Å². The Morgan fingerprint density at radius 2 is 2.16 bits per heavy atom. The molecule has 3 nitrogen and oxygen atoms in total. The summed E-state index contributed by atoms with van der Waals surface area (Å²) in [6.45, 7) is 0.923. The largest absolute Gasteiger partial charge is 0.311 e. The van der Waals surface area contributed by atoms with Crippen LogP contribution in [0.5, 0.6) is 0 Å². The molecule has 0 bridgehead atoms. The van der Waals surface area contributed by atoms with E-state index in [2.05, 4.69) is 5.32 Å². The molecular weight excluding hydrogens is 243 g/mol. The number of rotatable bonds is 2. The van der Waals surface area contributed by atoms with Crippen LogP contribution < -0.4 is 10.2 Å². The third-order valence-corrected chi connectivity index (χ3v) is 4.56. The van der Waals surface area contributed by atoms with Crippen molar-refractivity contribution in [2.24, 2.45) is 11.8 Å². The Balaban J connectivity index is 1.79. The fourth-order valence-electron chi connectivity index (χ4n) is 3.51. The van der Waals surface area contributed by atoms with Gasteiger partial charge in [0.25, 0.3) is 0 Å². The predicted molar refractivity (Wildman–Crippen MR) is 72.4 cm³/mol. The molecule has 102 valence electrons. The molecule has 3 unspecified atom stereocenters. The van der Waals surface area contributed by atoms with Crippen molar-refractivity contribution in [1.29, 1.82) is 0 Å². The maximum atomic E-state index is 13.7. The Hall–Kier alpha value is -1.42. The fourth-order valence-corrected chi connectivity index (χ4v) is 3.51. The van der Waals surface area contributed by atoms with Crippen LogP contribution in [0.3, 0.4) is 0 Å². The normalized spacial score (nSPS) is 29.3. The number of fused-ring (bicyclic) bond motifs is 1. The van der Waals surface area contributed by atoms with Gasteiger partial charge in [-0.2, -0.15) is 0 Å². The maximum Gasteiger partial charge on any atom is 0.244 e. The van der Waals surface area contributed by atoms with Gasteiger partial charge in [-0.3, -0.25) is 4.79 Å². The molecule has 1 saturated carbocycles. The lowest BCUT2D eigenvalue weighted by Gasteiger charge is -2.25. The summed E-state index contributed by atoms with van der Waals surface area (Å²) in [6, 6.07) is 6.28. The second kappa shape index (κ2) is 4.93. The smallest absolute Gasteiger partial charge is 0.244 e. The van der Waals surface area contributed by atoms with Gasteiger partial charge in [-0.25, -0.2) is 4.39 Å². The number of hydrogen-bond donors (Lipinski definition) is 1. The molecule has 3 rings (SSSR count). The van der Waals surface area contributed by atoms with E-state index < -0.39 is 0 Å². The van der Waals surface area contributed by atoms with E-state index in [1.807, 2.05) is 0 Å². The lowest BCUT2D eigenvalue weighted by molar-refractivity contribution is -0.121. The molecular formula is C15H19FN2O. The fraction of sp³-hybridized carbons (Fsp3) is 0.533. The van der Waals surface area contributed by atoms with E-state index in [1.54, 1.807) is 25.2 Å². The highest BCUT2D eigenvalue weighted by atomic mass is 19.1. The molecule has 0 radical (unpaired) electrons. The van der Waals surface area contributed by atoms with E-state index in [1.165, 1.54) is 23.8 Å². The zero-order valence-electron chi connectivity index (χ0n) is 11.1. The highest BCUT2D eigenvalue weighted by Crippen LogP contribution is 2.38. The number of amides is 1. The van der Waals surface area contributed by atoms with Crippen LogP contribution in [0.4, 0.5) is 10.1 Å². The van der Waals surface area contributed by atoms with Crippen molar-refractivity contribution >= 4 is 11.6 Å². The average molecular weight is 262 g/mol. The molecule has 3 atom stereocenters. The number of hydrogen-bond acceptors (Lipinski definition) is 2. The van der Waals surface area contributed by atoms with Crippen molar-refractivity contribution in [3.63, 3.8) is 0 Å². The molecule has 1 saturated heterocycles. The summed E-state index contributed by atoms with van der Waals surface area (Å²) in [5.74, 6) is 0.698. The summed E-state index contributed by atoms with van der Waals surface area (Å²) in [7, 11) is 1.66. The quantitative estimate of drug-likeness (QED) is 0.886. The summed E-state index contributed by atoms with van der Waals surface area (Å²) >= 11 is 0. The van der Waals surface area contributed by atoms with E-state index in [4.69, 9.17) is 0 Å². The second-order valence-electron chi connectivity index (χ2n) is 5.59. The van der Waals surface area contributed by atoms with E-state index in [9.17, 15) is 9.18 Å². The van der Waals surface area contributed by atoms with Crippen molar-refractivity contribution in [1.82, 2.24) is 5.32 Å². The van der Waals surface area contributed by atoms with Crippen molar-refractivity contribution in [2.45, 2.75) is 25.3 Å². The number of nitrogens with zero attached hydrogens (tertiary/aromatic N) is 1. The molecule has 1 aromatic rings. The van der Waals surface area contributed by atoms with Crippen LogP contribution >= 0.6 is 0 Å². The van der Waals surface area contributed by atoms with E-state index in [0.29, 0.717) is 17.5 Å². The molecule has 1 heterocycles. The van der Waals surface area contributed by atoms with Gasteiger partial charge < -0.3 is 10.2 Å². The van der Waals surface area contributed by atoms with Crippen LogP contribution in [0.15, 0.2) is 24.3 Å². The maximum absolute atomic E-state index is 13.7. The molecule has 2 fully saturated rings. The Morgan fingerprint density at radius 3 is 2.95 bits per heavy atom. The van der Waals surface area contributed by atoms with Crippen molar-refractivity contribution < 1.29 is 9.18 Å². The summed E-state index contributed by atoms with van der Waals surface area (Å²) in [6.07, 6.45) is 3.54. The third kappa shape index (κ3) is 2.14. The van der Waals surface area contributed by atoms with E-state index >= 15 is 0 Å². The van der Waals surface area contributed by atoms with Crippen molar-refractivity contribution in [2.75, 3.05) is 18.5 Å². The van der Waals surface area contributed by atoms with Gasteiger partial charge in [0.05, 0.1) is 11.7 Å². The molecule has 1 aliphatic carbocycles. The van der Waals surface area contributed by atoms with Gasteiger partial charge in [-0.15, -0.1) is 0 Å². The number of nitrogens with one attached hydrogen (secondary N) is 1. The Morgan fingerprint density at radius 1 is 1.37 bits per heavy atom. The summed E-state index contributed by atoms with van der Waals surface area (Å²) < 4.78 is 13.7. The van der Waals surface area contributed by atoms with Gasteiger partial charge in [0.15, 0.2) is 0 Å². The number of benzene rings is 1. The minimum atomic E-state index is -0.348. The number of para-hydroxylation sites is 1. The number of likely N-dealkylation sites (N-methyl/N-ethyl adjacent to an activating group) is 1. The summed E-state index contributed by atoms with van der Waals surface area (Å²) in [4.78, 5) is 14.0. The average Bonchev–Trinajstić information content (AvgIpc) is 3.00. The standard InChI is InChI=1S/C15H19FN2O/c1-18(13-8-3-2-7-12(13)16)15(19)14-11-6-4-5-10(11)9-17-14/h2-3,7-8,10-11,14,17H,4-6,9H2,1H3. The lowest BCUT2D eigenvalue weighted by atomic mass is 9.93. The first kappa shape index (κ1) is 12.6. The van der Waals surface area contributed by atoms with Crippen LogP contribution in [0.1, 0.15) is 19.3 Å². The molecule has 1 N–H and O–H groups in total. The van der Waals surface area contributed by atoms with Crippen molar-refractivity contribution in [3.05, 3.63) is 30.1 Å². The van der Waals surface area contributed by atoms with Crippen LogP contribution in [0.2, 0.25) is 0 Å². The van der Waals surface area contributed by atoms with Crippen LogP contribution in [-0.2, 0) is 4.79 Å². The summed E-state index contributed by atoms with van der Waals surface area (Å²) in [5.41, 5.74) is 0.357. The Bertz CT molecular complexity index is 491. The number of anilines is 1. The molecule has 1 aliphatic heterocycles. The molecule has 0 aromatic heterocycles. The van der Waals surface area contributed by atoms with Gasteiger partial charge in [-0.1, -0.05) is 18.6 Å². The third-order valence-electron chi connectivity index (χ3n) is 4.56. The van der Waals surface area contributed by atoms with Crippen molar-refractivity contribution in [3.8, 4) is 0 Å². The highest BCUT2D eigenvalue weighted by molar-refractivity contribution is 5.97. The molecule has 0 spiro atoms. The lowest BCUT2D eigenvalue weighted by Crippen LogP contribution is -2.45. The molecule has 19 heavy (non-hydrogen) atoms. The molecule has 1 amide bonds. The minimum absolute atomic E-state index is 0.0144. The minimum Gasteiger partial charge on any atom is -0.311 e. The Kier molecular flexibility index (Phi) is 3.27. The van der Waals surface area contributed by atoms with Crippen LogP contribution in [-0.4, -0.2) is 25.5 Å². The molecule has 2 aliphatic rings. The number of carbonyl (C=O) groups is 1. The summed E-state index contributed by atoms with van der Waals surface area (Å²) in [5, 5.41) is 3.31. The zero-order valence-corrected chi connectivity index (χ0v) is 11.1. The molecule has 4 heteroatoms. The first-order valence-electron chi connectivity index (χ1n) is 6.94. The first-order valence-corrected chi connectivity index (χ1v) is 6.94. The van der Waals surface area contributed by atoms with Gasteiger partial charge in [-0.05, 0) is 43.4 Å². The van der Waals surface area contributed by atoms with Gasteiger partial charge >= 0.3 is 0 Å². The van der Waals surface area contributed by atoms with Gasteiger partial charge in [0.1, 0.15) is 5.82 Å². The predicted octanol–water partition coefficient (Wildman–Crippen LogP) is 2.18. The van der Waals surface area contributed by atoms with Gasteiger partial charge in [0.2, 0.25) is 5.91 Å². The highest BCUT2D eigenvalue weighted by Gasteiger charge is 2.43. The van der Waals surface area contributed by atoms with E-state index in [0.717, 1.165) is 13.0 Å². The second-order valence-corrected chi connectivity index (χ2v) is 5.59. The monoisotopic (exact) mass is 262 g/mol. The number of halogens is 1. The van der Waals surface area contributed by atoms with Crippen LogP contribution in [0, 0.1) is 17.7 Å². The zero-order chi connectivity index (χ0) is 13.4. The SMILES string of the molecule is CN(C(=O)C1NCC2CCCC21)c1ccccc1F. The first-order chi connectivity index (χ1) is 9.18. The number of carbonyl (C=O) groups excluding carboxylic acids is 1.